The van der Waals surface area contributed by atoms with Crippen molar-refractivity contribution in [2.24, 2.45) is 7.05 Å². The molecule has 30 heavy (non-hydrogen) atoms. The number of rotatable bonds is 5. The number of fused-ring (bicyclic) bond motifs is 1. The number of hydrogen-bond donors (Lipinski definition) is 0. The average molecular weight is 404 g/mol. The fourth-order valence-corrected chi connectivity index (χ4v) is 3.43. The number of pyridine rings is 2. The van der Waals surface area contributed by atoms with Crippen LogP contribution >= 0.6 is 0 Å². The SMILES string of the molecule is Cc1cc(-c2nc3ccc(OC(C)C)nc3n2[C@@H](C)c2ccccn2)nn(C)c1=O. The first-order valence-electron chi connectivity index (χ1n) is 9.87. The van der Waals surface area contributed by atoms with Crippen molar-refractivity contribution in [1.29, 1.82) is 0 Å². The van der Waals surface area contributed by atoms with Crippen molar-refractivity contribution in [3.05, 3.63) is 64.2 Å². The molecule has 0 amide bonds. The highest BCUT2D eigenvalue weighted by atomic mass is 16.5. The van der Waals surface area contributed by atoms with E-state index in [-0.39, 0.29) is 17.7 Å². The van der Waals surface area contributed by atoms with Gasteiger partial charge in [0.15, 0.2) is 11.5 Å². The van der Waals surface area contributed by atoms with E-state index >= 15 is 0 Å². The summed E-state index contributed by atoms with van der Waals surface area (Å²) in [6.07, 6.45) is 1.77. The zero-order valence-corrected chi connectivity index (χ0v) is 17.7. The van der Waals surface area contributed by atoms with Gasteiger partial charge >= 0.3 is 0 Å². The lowest BCUT2D eigenvalue weighted by Gasteiger charge is -2.17. The average Bonchev–Trinajstić information content (AvgIpc) is 3.10. The molecule has 0 N–H and O–H groups in total. The Balaban J connectivity index is 1.98. The molecular formula is C22H24N6O2. The maximum Gasteiger partial charge on any atom is 0.269 e. The molecule has 0 bridgehead atoms. The number of aromatic nitrogens is 6. The molecule has 154 valence electrons. The summed E-state index contributed by atoms with van der Waals surface area (Å²) in [5.41, 5.74) is 3.33. The fourth-order valence-electron chi connectivity index (χ4n) is 3.43. The number of nitrogens with zero attached hydrogens (tertiary/aromatic N) is 6. The molecule has 0 radical (unpaired) electrons. The quantitative estimate of drug-likeness (QED) is 0.507. The topological polar surface area (TPSA) is 87.7 Å². The molecule has 4 aromatic rings. The minimum atomic E-state index is -0.160. The standard InChI is InChI=1S/C22H24N6O2/c1-13(2)30-19-10-9-17-20(25-19)28(15(4)16-8-6-7-11-23-16)21(24-17)18-12-14(3)22(29)27(5)26-18/h6-13,15H,1-5H3/t15-/m0/s1. The second-order valence-electron chi connectivity index (χ2n) is 7.54. The third kappa shape index (κ3) is 3.56. The van der Waals surface area contributed by atoms with E-state index in [1.165, 1.54) is 4.68 Å². The summed E-state index contributed by atoms with van der Waals surface area (Å²) >= 11 is 0. The second kappa shape index (κ2) is 7.70. The maximum absolute atomic E-state index is 12.1. The predicted molar refractivity (Wildman–Crippen MR) is 115 cm³/mol. The van der Waals surface area contributed by atoms with Gasteiger partial charge < -0.3 is 4.74 Å². The van der Waals surface area contributed by atoms with Crippen molar-refractivity contribution in [3.8, 4) is 17.4 Å². The largest absolute Gasteiger partial charge is 0.475 e. The van der Waals surface area contributed by atoms with E-state index in [2.05, 4.69) is 10.1 Å². The van der Waals surface area contributed by atoms with Crippen molar-refractivity contribution in [2.75, 3.05) is 0 Å². The fraction of sp³-hybridized carbons (Fsp3) is 0.318. The molecule has 0 saturated heterocycles. The summed E-state index contributed by atoms with van der Waals surface area (Å²) in [4.78, 5) is 26.2. The van der Waals surface area contributed by atoms with Crippen LogP contribution in [0.15, 0.2) is 47.4 Å². The summed E-state index contributed by atoms with van der Waals surface area (Å²) in [7, 11) is 1.64. The Morgan fingerprint density at radius 3 is 2.53 bits per heavy atom. The van der Waals surface area contributed by atoms with Gasteiger partial charge in [-0.1, -0.05) is 6.07 Å². The number of aryl methyl sites for hydroxylation is 2. The van der Waals surface area contributed by atoms with Gasteiger partial charge in [-0.3, -0.25) is 14.3 Å². The first-order chi connectivity index (χ1) is 14.3. The molecule has 0 fully saturated rings. The molecule has 8 nitrogen and oxygen atoms in total. The number of ether oxygens (including phenoxy) is 1. The van der Waals surface area contributed by atoms with E-state index < -0.39 is 0 Å². The van der Waals surface area contributed by atoms with E-state index in [1.807, 2.05) is 55.7 Å². The number of imidazole rings is 1. The van der Waals surface area contributed by atoms with E-state index in [9.17, 15) is 4.79 Å². The van der Waals surface area contributed by atoms with E-state index in [0.29, 0.717) is 28.6 Å². The summed E-state index contributed by atoms with van der Waals surface area (Å²) in [5, 5.41) is 4.45. The van der Waals surface area contributed by atoms with Crippen LogP contribution in [0.1, 0.15) is 38.1 Å². The molecule has 0 aliphatic carbocycles. The monoisotopic (exact) mass is 404 g/mol. The van der Waals surface area contributed by atoms with Crippen molar-refractivity contribution < 1.29 is 4.74 Å². The van der Waals surface area contributed by atoms with Gasteiger partial charge in [0, 0.05) is 24.9 Å². The molecule has 0 aliphatic rings. The lowest BCUT2D eigenvalue weighted by atomic mass is 10.2. The van der Waals surface area contributed by atoms with Crippen LogP contribution in [0.25, 0.3) is 22.7 Å². The molecule has 0 aromatic carbocycles. The van der Waals surface area contributed by atoms with Crippen molar-refractivity contribution in [1.82, 2.24) is 29.3 Å². The Kier molecular flexibility index (Phi) is 5.07. The molecule has 4 heterocycles. The second-order valence-corrected chi connectivity index (χ2v) is 7.54. The summed E-state index contributed by atoms with van der Waals surface area (Å²) in [6.45, 7) is 7.74. The first-order valence-corrected chi connectivity index (χ1v) is 9.87. The van der Waals surface area contributed by atoms with Crippen LogP contribution in [0, 0.1) is 6.92 Å². The highest BCUT2D eigenvalue weighted by Crippen LogP contribution is 2.30. The minimum absolute atomic E-state index is 0.00645. The van der Waals surface area contributed by atoms with Gasteiger partial charge in [-0.15, -0.1) is 0 Å². The highest BCUT2D eigenvalue weighted by Gasteiger charge is 2.22. The van der Waals surface area contributed by atoms with Crippen LogP contribution in [0.2, 0.25) is 0 Å². The minimum Gasteiger partial charge on any atom is -0.475 e. The van der Waals surface area contributed by atoms with Crippen molar-refractivity contribution in [3.63, 3.8) is 0 Å². The Morgan fingerprint density at radius 1 is 1.07 bits per heavy atom. The van der Waals surface area contributed by atoms with Gasteiger partial charge in [-0.05, 0) is 52.0 Å². The van der Waals surface area contributed by atoms with Gasteiger partial charge in [0.2, 0.25) is 5.88 Å². The smallest absolute Gasteiger partial charge is 0.269 e. The zero-order valence-electron chi connectivity index (χ0n) is 17.7. The lowest BCUT2D eigenvalue weighted by molar-refractivity contribution is 0.233. The normalized spacial score (nSPS) is 12.5. The number of hydrogen-bond acceptors (Lipinski definition) is 6. The van der Waals surface area contributed by atoms with Gasteiger partial charge in [-0.2, -0.15) is 10.1 Å². The van der Waals surface area contributed by atoms with Gasteiger partial charge in [0.05, 0.1) is 17.8 Å². The molecule has 8 heteroatoms. The van der Waals surface area contributed by atoms with Crippen LogP contribution in [-0.2, 0) is 7.05 Å². The maximum atomic E-state index is 12.1. The Hall–Kier alpha value is -3.55. The molecule has 0 aliphatic heterocycles. The van der Waals surface area contributed by atoms with Crippen LogP contribution in [-0.4, -0.2) is 35.4 Å². The molecule has 4 rings (SSSR count). The Labute approximate surface area is 174 Å². The van der Waals surface area contributed by atoms with Gasteiger partial charge in [0.1, 0.15) is 11.2 Å². The zero-order chi connectivity index (χ0) is 21.4. The Bertz CT molecular complexity index is 1230. The van der Waals surface area contributed by atoms with E-state index in [4.69, 9.17) is 14.7 Å². The Morgan fingerprint density at radius 2 is 1.87 bits per heavy atom. The molecular weight excluding hydrogens is 380 g/mol. The summed E-state index contributed by atoms with van der Waals surface area (Å²) in [5.74, 6) is 1.15. The third-order valence-corrected chi connectivity index (χ3v) is 4.84. The van der Waals surface area contributed by atoms with Gasteiger partial charge in [0.25, 0.3) is 5.56 Å². The molecule has 0 spiro atoms. The van der Waals surface area contributed by atoms with Crippen molar-refractivity contribution >= 4 is 11.2 Å². The van der Waals surface area contributed by atoms with Crippen molar-refractivity contribution in [2.45, 2.75) is 39.8 Å². The molecule has 0 saturated carbocycles. The molecule has 0 unspecified atom stereocenters. The lowest BCUT2D eigenvalue weighted by Crippen LogP contribution is -2.22. The van der Waals surface area contributed by atoms with Crippen LogP contribution in [0.5, 0.6) is 5.88 Å². The van der Waals surface area contributed by atoms with E-state index in [1.54, 1.807) is 26.2 Å². The summed E-state index contributed by atoms with van der Waals surface area (Å²) < 4.78 is 9.13. The van der Waals surface area contributed by atoms with Gasteiger partial charge in [-0.25, -0.2) is 9.67 Å². The predicted octanol–water partition coefficient (Wildman–Crippen LogP) is 3.29. The molecule has 1 atom stereocenters. The van der Waals surface area contributed by atoms with E-state index in [0.717, 1.165) is 11.2 Å². The van der Waals surface area contributed by atoms with Crippen LogP contribution in [0.4, 0.5) is 0 Å². The highest BCUT2D eigenvalue weighted by molar-refractivity contribution is 5.77. The van der Waals surface area contributed by atoms with Crippen LogP contribution < -0.4 is 10.3 Å². The molecule has 4 aromatic heterocycles. The third-order valence-electron chi connectivity index (χ3n) is 4.84. The first kappa shape index (κ1) is 19.8. The summed E-state index contributed by atoms with van der Waals surface area (Å²) in [6, 6.07) is 11.1. The van der Waals surface area contributed by atoms with Crippen LogP contribution in [0.3, 0.4) is 0 Å².